The molecule has 1 aromatic carbocycles. The summed E-state index contributed by atoms with van der Waals surface area (Å²) < 4.78 is 7.59. The van der Waals surface area contributed by atoms with Gasteiger partial charge in [-0.3, -0.25) is 4.79 Å². The number of nitrogens with zero attached hydrogens (tertiary/aromatic N) is 3. The second kappa shape index (κ2) is 8.11. The molecule has 2 aromatic heterocycles. The second-order valence-corrected chi connectivity index (χ2v) is 8.18. The minimum atomic E-state index is 0.00909. The number of anilines is 1. The van der Waals surface area contributed by atoms with Crippen molar-refractivity contribution in [3.05, 3.63) is 57.9 Å². The van der Waals surface area contributed by atoms with Crippen LogP contribution in [0.4, 0.5) is 5.82 Å². The van der Waals surface area contributed by atoms with Crippen LogP contribution in [0.15, 0.2) is 24.3 Å². The summed E-state index contributed by atoms with van der Waals surface area (Å²) in [7, 11) is 1.69. The quantitative estimate of drug-likeness (QED) is 0.662. The topological polar surface area (TPSA) is 59.4 Å². The van der Waals surface area contributed by atoms with E-state index in [0.717, 1.165) is 47.5 Å². The summed E-state index contributed by atoms with van der Waals surface area (Å²) >= 11 is 0. The van der Waals surface area contributed by atoms with Crippen molar-refractivity contribution >= 4 is 22.6 Å². The van der Waals surface area contributed by atoms with Gasteiger partial charge in [-0.25, -0.2) is 4.98 Å². The molecule has 3 heterocycles. The molecule has 1 amide bonds. The van der Waals surface area contributed by atoms with Gasteiger partial charge < -0.3 is 19.5 Å². The number of hydrogen-bond donors (Lipinski definition) is 1. The summed E-state index contributed by atoms with van der Waals surface area (Å²) in [6.45, 7) is 11.1. The third-order valence-electron chi connectivity index (χ3n) is 6.31. The van der Waals surface area contributed by atoms with E-state index in [2.05, 4.69) is 55.8 Å². The summed E-state index contributed by atoms with van der Waals surface area (Å²) in [4.78, 5) is 19.6. The Labute approximate surface area is 177 Å². The van der Waals surface area contributed by atoms with Crippen LogP contribution in [0, 0.1) is 27.7 Å². The minimum Gasteiger partial charge on any atom is -0.364 e. The molecular weight excluding hydrogens is 376 g/mol. The molecule has 0 bridgehead atoms. The van der Waals surface area contributed by atoms with Crippen LogP contribution < -0.4 is 5.32 Å². The third kappa shape index (κ3) is 3.45. The molecule has 3 aromatic rings. The molecular formula is C24H30N4O2. The molecule has 1 aliphatic heterocycles. The van der Waals surface area contributed by atoms with Crippen LogP contribution in [0.3, 0.4) is 0 Å². The SMILES string of the molecule is COCn1c(C)c(C)c2cc(C(=O)N3CCC3)nc(NCc3c(C)cccc3C)c21. The normalized spacial score (nSPS) is 13.6. The first-order chi connectivity index (χ1) is 14.4. The number of carbonyl (C=O) groups is 1. The van der Waals surface area contributed by atoms with E-state index < -0.39 is 0 Å². The lowest BCUT2D eigenvalue weighted by atomic mass is 10.0. The number of pyridine rings is 1. The number of aryl methyl sites for hydroxylation is 3. The van der Waals surface area contributed by atoms with E-state index in [0.29, 0.717) is 19.0 Å². The maximum absolute atomic E-state index is 12.9. The van der Waals surface area contributed by atoms with Crippen LogP contribution in [-0.4, -0.2) is 40.6 Å². The lowest BCUT2D eigenvalue weighted by molar-refractivity contribution is 0.0646. The highest BCUT2D eigenvalue weighted by atomic mass is 16.5. The molecule has 0 unspecified atom stereocenters. The van der Waals surface area contributed by atoms with Crippen molar-refractivity contribution in [3.8, 4) is 0 Å². The van der Waals surface area contributed by atoms with E-state index in [1.807, 2.05) is 11.0 Å². The van der Waals surface area contributed by atoms with Gasteiger partial charge in [-0.2, -0.15) is 0 Å². The Hall–Kier alpha value is -2.86. The monoisotopic (exact) mass is 406 g/mol. The summed E-state index contributed by atoms with van der Waals surface area (Å²) in [6, 6.07) is 8.26. The Bertz CT molecular complexity index is 1090. The highest BCUT2D eigenvalue weighted by Gasteiger charge is 2.25. The smallest absolute Gasteiger partial charge is 0.272 e. The Kier molecular flexibility index (Phi) is 5.52. The van der Waals surface area contributed by atoms with Gasteiger partial charge in [0.25, 0.3) is 5.91 Å². The molecule has 30 heavy (non-hydrogen) atoms. The molecule has 4 rings (SSSR count). The molecule has 0 saturated carbocycles. The number of aromatic nitrogens is 2. The van der Waals surface area contributed by atoms with Crippen molar-refractivity contribution in [1.82, 2.24) is 14.5 Å². The van der Waals surface area contributed by atoms with Gasteiger partial charge >= 0.3 is 0 Å². The van der Waals surface area contributed by atoms with Crippen LogP contribution in [0.2, 0.25) is 0 Å². The van der Waals surface area contributed by atoms with Gasteiger partial charge in [-0.15, -0.1) is 0 Å². The number of benzene rings is 1. The van der Waals surface area contributed by atoms with E-state index in [1.165, 1.54) is 16.7 Å². The van der Waals surface area contributed by atoms with Crippen LogP contribution in [-0.2, 0) is 18.0 Å². The first kappa shape index (κ1) is 20.4. The average Bonchev–Trinajstić information content (AvgIpc) is 2.91. The molecule has 1 saturated heterocycles. The average molecular weight is 407 g/mol. The Morgan fingerprint density at radius 3 is 2.47 bits per heavy atom. The molecule has 0 atom stereocenters. The predicted molar refractivity (Wildman–Crippen MR) is 120 cm³/mol. The number of ether oxygens (including phenoxy) is 1. The number of fused-ring (bicyclic) bond motifs is 1. The van der Waals surface area contributed by atoms with Crippen molar-refractivity contribution in [2.75, 3.05) is 25.5 Å². The first-order valence-electron chi connectivity index (χ1n) is 10.5. The molecule has 0 radical (unpaired) electrons. The Balaban J connectivity index is 1.82. The van der Waals surface area contributed by atoms with Crippen LogP contribution >= 0.6 is 0 Å². The zero-order valence-electron chi connectivity index (χ0n) is 18.5. The number of rotatable bonds is 6. The maximum Gasteiger partial charge on any atom is 0.272 e. The third-order valence-corrected chi connectivity index (χ3v) is 6.31. The number of methoxy groups -OCH3 is 1. The van der Waals surface area contributed by atoms with E-state index in [1.54, 1.807) is 7.11 Å². The van der Waals surface area contributed by atoms with Crippen LogP contribution in [0.1, 0.15) is 44.9 Å². The molecule has 6 heteroatoms. The Morgan fingerprint density at radius 2 is 1.87 bits per heavy atom. The molecule has 1 aliphatic rings. The fourth-order valence-electron chi connectivity index (χ4n) is 4.17. The molecule has 158 valence electrons. The van der Waals surface area contributed by atoms with Crippen molar-refractivity contribution in [1.29, 1.82) is 0 Å². The molecule has 0 aliphatic carbocycles. The number of nitrogens with one attached hydrogen (secondary N) is 1. The van der Waals surface area contributed by atoms with Gasteiger partial charge in [-0.05, 0) is 62.4 Å². The number of carbonyl (C=O) groups excluding carboxylic acids is 1. The van der Waals surface area contributed by atoms with Gasteiger partial charge in [0, 0.05) is 37.8 Å². The van der Waals surface area contributed by atoms with Gasteiger partial charge in [0.15, 0.2) is 5.82 Å². The molecule has 0 spiro atoms. The van der Waals surface area contributed by atoms with Crippen molar-refractivity contribution < 1.29 is 9.53 Å². The molecule has 1 N–H and O–H groups in total. The largest absolute Gasteiger partial charge is 0.364 e. The fraction of sp³-hybridized carbons (Fsp3) is 0.417. The Morgan fingerprint density at radius 1 is 1.17 bits per heavy atom. The van der Waals surface area contributed by atoms with E-state index in [4.69, 9.17) is 9.72 Å². The fourth-order valence-corrected chi connectivity index (χ4v) is 4.17. The summed E-state index contributed by atoms with van der Waals surface area (Å²) in [5.74, 6) is 0.738. The highest BCUT2D eigenvalue weighted by Crippen LogP contribution is 2.32. The van der Waals surface area contributed by atoms with Crippen LogP contribution in [0.25, 0.3) is 10.9 Å². The van der Waals surface area contributed by atoms with Gasteiger partial charge in [-0.1, -0.05) is 18.2 Å². The van der Waals surface area contributed by atoms with Gasteiger partial charge in [0.05, 0.1) is 5.52 Å². The van der Waals surface area contributed by atoms with E-state index in [-0.39, 0.29) is 5.91 Å². The number of amides is 1. The van der Waals surface area contributed by atoms with E-state index >= 15 is 0 Å². The number of likely N-dealkylation sites (tertiary alicyclic amines) is 1. The summed E-state index contributed by atoms with van der Waals surface area (Å²) in [5, 5.41) is 4.59. The zero-order valence-corrected chi connectivity index (χ0v) is 18.5. The number of hydrogen-bond acceptors (Lipinski definition) is 4. The summed E-state index contributed by atoms with van der Waals surface area (Å²) in [6.07, 6.45) is 1.06. The van der Waals surface area contributed by atoms with Crippen molar-refractivity contribution in [2.45, 2.75) is 47.4 Å². The first-order valence-corrected chi connectivity index (χ1v) is 10.5. The molecule has 6 nitrogen and oxygen atoms in total. The predicted octanol–water partition coefficient (Wildman–Crippen LogP) is 4.33. The summed E-state index contributed by atoms with van der Waals surface area (Å²) in [5.41, 5.74) is 7.50. The second-order valence-electron chi connectivity index (χ2n) is 8.18. The van der Waals surface area contributed by atoms with Gasteiger partial charge in [0.2, 0.25) is 0 Å². The van der Waals surface area contributed by atoms with E-state index in [9.17, 15) is 4.79 Å². The van der Waals surface area contributed by atoms with Crippen molar-refractivity contribution in [2.24, 2.45) is 0 Å². The zero-order chi connectivity index (χ0) is 21.4. The van der Waals surface area contributed by atoms with Crippen LogP contribution in [0.5, 0.6) is 0 Å². The lowest BCUT2D eigenvalue weighted by Gasteiger charge is -2.30. The van der Waals surface area contributed by atoms with Crippen molar-refractivity contribution in [3.63, 3.8) is 0 Å². The minimum absolute atomic E-state index is 0.00909. The highest BCUT2D eigenvalue weighted by molar-refractivity contribution is 6.01. The standard InChI is InChI=1S/C24H30N4O2/c1-15-8-6-9-16(2)20(15)13-25-23-22-19(17(3)18(4)28(22)14-30-5)12-21(26-23)24(29)27-10-7-11-27/h6,8-9,12H,7,10-11,13-14H2,1-5H3,(H,25,26). The lowest BCUT2D eigenvalue weighted by Crippen LogP contribution is -2.42. The maximum atomic E-state index is 12.9. The van der Waals surface area contributed by atoms with Gasteiger partial charge in [0.1, 0.15) is 12.4 Å². The molecule has 1 fully saturated rings.